The number of rotatable bonds is 3. The Hall–Kier alpha value is -1.06. The van der Waals surface area contributed by atoms with E-state index in [1.807, 2.05) is 18.5 Å². The molecule has 3 nitrogen and oxygen atoms in total. The van der Waals surface area contributed by atoms with E-state index in [0.29, 0.717) is 0 Å². The quantitative estimate of drug-likeness (QED) is 0.640. The van der Waals surface area contributed by atoms with Crippen molar-refractivity contribution < 1.29 is 12.4 Å². The van der Waals surface area contributed by atoms with Crippen LogP contribution >= 0.6 is 0 Å². The summed E-state index contributed by atoms with van der Waals surface area (Å²) in [5.41, 5.74) is 2.29. The Morgan fingerprint density at radius 3 is 2.73 bits per heavy atom. The van der Waals surface area contributed by atoms with Crippen molar-refractivity contribution in [2.75, 3.05) is 20.6 Å². The molecule has 0 amide bonds. The molecule has 15 heavy (non-hydrogen) atoms. The first-order valence-electron chi connectivity index (χ1n) is 4.82. The minimum absolute atomic E-state index is 0. The first kappa shape index (κ1) is 12.0. The second kappa shape index (κ2) is 5.14. The van der Waals surface area contributed by atoms with E-state index >= 15 is 0 Å². The summed E-state index contributed by atoms with van der Waals surface area (Å²) in [6, 6.07) is 8.22. The number of nitrogens with zero attached hydrogens (tertiary/aromatic N) is 3. The van der Waals surface area contributed by atoms with Crippen LogP contribution < -0.4 is 12.4 Å². The second-order valence-electron chi connectivity index (χ2n) is 3.73. The molecule has 0 spiro atoms. The minimum atomic E-state index is 0. The second-order valence-corrected chi connectivity index (χ2v) is 3.73. The Bertz CT molecular complexity index is 422. The highest BCUT2D eigenvalue weighted by atomic mass is 35.5. The SMILES string of the molecule is CN(C)CCn1cnc2ccccc21.[Cl-]. The summed E-state index contributed by atoms with van der Waals surface area (Å²) in [6.45, 7) is 2.04. The summed E-state index contributed by atoms with van der Waals surface area (Å²) in [7, 11) is 4.16. The molecule has 0 saturated carbocycles. The molecule has 0 fully saturated rings. The Labute approximate surface area is 96.1 Å². The Balaban J connectivity index is 0.00000112. The summed E-state index contributed by atoms with van der Waals surface area (Å²) >= 11 is 0. The van der Waals surface area contributed by atoms with Crippen LogP contribution in [-0.2, 0) is 6.54 Å². The zero-order valence-electron chi connectivity index (χ0n) is 9.02. The van der Waals surface area contributed by atoms with Crippen LogP contribution in [0, 0.1) is 0 Å². The van der Waals surface area contributed by atoms with Crippen LogP contribution in [0.4, 0.5) is 0 Å². The first-order chi connectivity index (χ1) is 6.77. The van der Waals surface area contributed by atoms with Crippen LogP contribution in [0.1, 0.15) is 0 Å². The lowest BCUT2D eigenvalue weighted by Gasteiger charge is -2.10. The number of hydrogen-bond donors (Lipinski definition) is 0. The van der Waals surface area contributed by atoms with Crippen molar-refractivity contribution >= 4 is 11.0 Å². The number of fused-ring (bicyclic) bond motifs is 1. The number of benzene rings is 1. The normalized spacial score (nSPS) is 10.6. The summed E-state index contributed by atoms with van der Waals surface area (Å²) in [5, 5.41) is 0. The van der Waals surface area contributed by atoms with E-state index < -0.39 is 0 Å². The van der Waals surface area contributed by atoms with Gasteiger partial charge >= 0.3 is 0 Å². The van der Waals surface area contributed by atoms with Gasteiger partial charge in [-0.25, -0.2) is 4.98 Å². The molecule has 0 radical (unpaired) electrons. The van der Waals surface area contributed by atoms with Crippen LogP contribution in [0.25, 0.3) is 11.0 Å². The highest BCUT2D eigenvalue weighted by Gasteiger charge is 2.00. The van der Waals surface area contributed by atoms with E-state index in [1.165, 1.54) is 5.52 Å². The zero-order valence-corrected chi connectivity index (χ0v) is 9.78. The molecule has 0 N–H and O–H groups in total. The molecule has 1 aromatic heterocycles. The van der Waals surface area contributed by atoms with E-state index in [-0.39, 0.29) is 12.4 Å². The Morgan fingerprint density at radius 2 is 2.00 bits per heavy atom. The van der Waals surface area contributed by atoms with Crippen molar-refractivity contribution in [1.29, 1.82) is 0 Å². The molecular formula is C11H15ClN3-. The van der Waals surface area contributed by atoms with Crippen molar-refractivity contribution in [1.82, 2.24) is 14.5 Å². The zero-order chi connectivity index (χ0) is 9.97. The van der Waals surface area contributed by atoms with Gasteiger partial charge in [0.2, 0.25) is 0 Å². The molecule has 1 aromatic carbocycles. The summed E-state index contributed by atoms with van der Waals surface area (Å²) < 4.78 is 2.19. The maximum absolute atomic E-state index is 4.34. The van der Waals surface area contributed by atoms with Crippen molar-refractivity contribution in [3.05, 3.63) is 30.6 Å². The highest BCUT2D eigenvalue weighted by molar-refractivity contribution is 5.74. The summed E-state index contributed by atoms with van der Waals surface area (Å²) in [6.07, 6.45) is 1.91. The summed E-state index contributed by atoms with van der Waals surface area (Å²) in [4.78, 5) is 6.52. The van der Waals surface area contributed by atoms with Gasteiger partial charge in [-0.15, -0.1) is 0 Å². The molecule has 0 atom stereocenters. The maximum Gasteiger partial charge on any atom is 0.0958 e. The fourth-order valence-corrected chi connectivity index (χ4v) is 1.50. The molecule has 0 saturated heterocycles. The van der Waals surface area contributed by atoms with Crippen LogP contribution in [0.2, 0.25) is 0 Å². The van der Waals surface area contributed by atoms with Gasteiger partial charge in [0.1, 0.15) is 0 Å². The maximum atomic E-state index is 4.34. The van der Waals surface area contributed by atoms with Crippen molar-refractivity contribution in [3.63, 3.8) is 0 Å². The van der Waals surface area contributed by atoms with Crippen LogP contribution in [-0.4, -0.2) is 35.1 Å². The van der Waals surface area contributed by atoms with Gasteiger partial charge in [0.05, 0.1) is 17.4 Å². The van der Waals surface area contributed by atoms with Gasteiger partial charge in [-0.05, 0) is 26.2 Å². The molecular weight excluding hydrogens is 210 g/mol. The fourth-order valence-electron chi connectivity index (χ4n) is 1.50. The Morgan fingerprint density at radius 1 is 1.27 bits per heavy atom. The number of aromatic nitrogens is 2. The number of imidazole rings is 1. The van der Waals surface area contributed by atoms with Crippen molar-refractivity contribution in [3.8, 4) is 0 Å². The molecule has 0 aliphatic heterocycles. The largest absolute Gasteiger partial charge is 1.00 e. The van der Waals surface area contributed by atoms with E-state index in [2.05, 4.69) is 40.7 Å². The van der Waals surface area contributed by atoms with Crippen molar-refractivity contribution in [2.45, 2.75) is 6.54 Å². The van der Waals surface area contributed by atoms with Crippen LogP contribution in [0.15, 0.2) is 30.6 Å². The smallest absolute Gasteiger partial charge is 0.0958 e. The van der Waals surface area contributed by atoms with Crippen LogP contribution in [0.5, 0.6) is 0 Å². The molecule has 2 rings (SSSR count). The summed E-state index contributed by atoms with van der Waals surface area (Å²) in [5.74, 6) is 0. The topological polar surface area (TPSA) is 21.1 Å². The van der Waals surface area contributed by atoms with E-state index in [1.54, 1.807) is 0 Å². The van der Waals surface area contributed by atoms with Crippen LogP contribution in [0.3, 0.4) is 0 Å². The minimum Gasteiger partial charge on any atom is -1.00 e. The molecule has 82 valence electrons. The van der Waals surface area contributed by atoms with Crippen molar-refractivity contribution in [2.24, 2.45) is 0 Å². The lowest BCUT2D eigenvalue weighted by molar-refractivity contribution is -0.00000303. The number of para-hydroxylation sites is 2. The van der Waals surface area contributed by atoms with Gasteiger partial charge in [-0.1, -0.05) is 12.1 Å². The monoisotopic (exact) mass is 224 g/mol. The van der Waals surface area contributed by atoms with Gasteiger partial charge in [-0.2, -0.15) is 0 Å². The molecule has 0 aliphatic rings. The third-order valence-corrected chi connectivity index (χ3v) is 2.32. The van der Waals surface area contributed by atoms with E-state index in [4.69, 9.17) is 0 Å². The average Bonchev–Trinajstić information content (AvgIpc) is 2.58. The third kappa shape index (κ3) is 2.70. The molecule has 0 aliphatic carbocycles. The van der Waals surface area contributed by atoms with Gasteiger partial charge < -0.3 is 21.9 Å². The molecule has 1 heterocycles. The van der Waals surface area contributed by atoms with E-state index in [0.717, 1.165) is 18.6 Å². The molecule has 2 aromatic rings. The first-order valence-corrected chi connectivity index (χ1v) is 4.82. The molecule has 0 bridgehead atoms. The van der Waals surface area contributed by atoms with E-state index in [9.17, 15) is 0 Å². The van der Waals surface area contributed by atoms with Gasteiger partial charge in [0.15, 0.2) is 0 Å². The van der Waals surface area contributed by atoms with Gasteiger partial charge in [-0.3, -0.25) is 0 Å². The molecule has 4 heteroatoms. The average molecular weight is 225 g/mol. The standard InChI is InChI=1S/C11H15N3.ClH/c1-13(2)7-8-14-9-12-10-5-3-4-6-11(10)14;/h3-6,9H,7-8H2,1-2H3;1H/p-1. The predicted molar refractivity (Wildman–Crippen MR) is 58.3 cm³/mol. The molecule has 0 unspecified atom stereocenters. The Kier molecular flexibility index (Phi) is 4.12. The highest BCUT2D eigenvalue weighted by Crippen LogP contribution is 2.11. The number of halogens is 1. The third-order valence-electron chi connectivity index (χ3n) is 2.32. The fraction of sp³-hybridized carbons (Fsp3) is 0.364. The predicted octanol–water partition coefficient (Wildman–Crippen LogP) is -1.40. The lowest BCUT2D eigenvalue weighted by Crippen LogP contribution is -3.00. The van der Waals surface area contributed by atoms with Gasteiger partial charge in [0, 0.05) is 13.1 Å². The van der Waals surface area contributed by atoms with Gasteiger partial charge in [0.25, 0.3) is 0 Å². The lowest BCUT2D eigenvalue weighted by atomic mass is 10.3. The number of likely N-dealkylation sites (N-methyl/N-ethyl adjacent to an activating group) is 1. The number of hydrogen-bond acceptors (Lipinski definition) is 2.